The summed E-state index contributed by atoms with van der Waals surface area (Å²) in [5.41, 5.74) is 6.54. The van der Waals surface area contributed by atoms with Gasteiger partial charge in [0.15, 0.2) is 0 Å². The first kappa shape index (κ1) is 14.9. The van der Waals surface area contributed by atoms with E-state index in [-0.39, 0.29) is 6.10 Å². The molecule has 0 aliphatic heterocycles. The monoisotopic (exact) mass is 277 g/mol. The molecule has 2 rings (SSSR count). The Bertz CT molecular complexity index is 426. The number of anilines is 2. The number of rotatable bonds is 4. The molecule has 20 heavy (non-hydrogen) atoms. The molecule has 0 saturated heterocycles. The standard InChI is InChI=1S/C16H27N3O/c1-12(2)20-16-14(17)10-11-15(18-16)19(3)13-8-6-4-5-7-9-13/h10-13H,4-9,17H2,1-3H3. The molecule has 1 saturated carbocycles. The lowest BCUT2D eigenvalue weighted by molar-refractivity contribution is 0.234. The van der Waals surface area contributed by atoms with Gasteiger partial charge in [0.1, 0.15) is 5.82 Å². The zero-order chi connectivity index (χ0) is 14.5. The molecule has 1 fully saturated rings. The van der Waals surface area contributed by atoms with Gasteiger partial charge in [0, 0.05) is 13.1 Å². The average Bonchev–Trinajstić information content (AvgIpc) is 2.69. The summed E-state index contributed by atoms with van der Waals surface area (Å²) in [6, 6.07) is 4.47. The third-order valence-electron chi connectivity index (χ3n) is 3.96. The van der Waals surface area contributed by atoms with Gasteiger partial charge >= 0.3 is 0 Å². The number of ether oxygens (including phenoxy) is 1. The number of nitrogen functional groups attached to an aromatic ring is 1. The van der Waals surface area contributed by atoms with E-state index >= 15 is 0 Å². The second-order valence-electron chi connectivity index (χ2n) is 5.99. The minimum Gasteiger partial charge on any atom is -0.473 e. The Morgan fingerprint density at radius 2 is 1.85 bits per heavy atom. The van der Waals surface area contributed by atoms with E-state index in [1.54, 1.807) is 0 Å². The molecule has 4 nitrogen and oxygen atoms in total. The fraction of sp³-hybridized carbons (Fsp3) is 0.688. The van der Waals surface area contributed by atoms with Crippen molar-refractivity contribution in [2.24, 2.45) is 0 Å². The van der Waals surface area contributed by atoms with Crippen LogP contribution in [0.4, 0.5) is 11.5 Å². The third kappa shape index (κ3) is 3.78. The normalized spacial score (nSPS) is 17.0. The summed E-state index contributed by atoms with van der Waals surface area (Å²) < 4.78 is 5.69. The molecule has 1 heterocycles. The Balaban J connectivity index is 2.14. The molecule has 1 aromatic rings. The highest BCUT2D eigenvalue weighted by molar-refractivity contribution is 5.54. The maximum atomic E-state index is 5.94. The number of nitrogens with zero attached hydrogens (tertiary/aromatic N) is 2. The first-order chi connectivity index (χ1) is 9.58. The van der Waals surface area contributed by atoms with E-state index in [1.165, 1.54) is 38.5 Å². The molecule has 0 aromatic carbocycles. The van der Waals surface area contributed by atoms with Crippen LogP contribution in [0.1, 0.15) is 52.4 Å². The molecular weight excluding hydrogens is 250 g/mol. The van der Waals surface area contributed by atoms with Gasteiger partial charge in [-0.1, -0.05) is 25.7 Å². The fourth-order valence-corrected chi connectivity index (χ4v) is 2.79. The summed E-state index contributed by atoms with van der Waals surface area (Å²) in [6.07, 6.45) is 7.95. The first-order valence-corrected chi connectivity index (χ1v) is 7.74. The van der Waals surface area contributed by atoms with Gasteiger partial charge in [0.25, 0.3) is 0 Å². The van der Waals surface area contributed by atoms with E-state index in [0.29, 0.717) is 17.6 Å². The van der Waals surface area contributed by atoms with Crippen LogP contribution in [0.3, 0.4) is 0 Å². The number of hydrogen-bond donors (Lipinski definition) is 1. The molecule has 0 radical (unpaired) electrons. The van der Waals surface area contributed by atoms with Crippen molar-refractivity contribution in [2.45, 2.75) is 64.5 Å². The zero-order valence-corrected chi connectivity index (χ0v) is 12.9. The maximum Gasteiger partial charge on any atom is 0.239 e. The van der Waals surface area contributed by atoms with Crippen LogP contribution >= 0.6 is 0 Å². The summed E-state index contributed by atoms with van der Waals surface area (Å²) in [4.78, 5) is 6.89. The predicted molar refractivity (Wildman–Crippen MR) is 84.3 cm³/mol. The summed E-state index contributed by atoms with van der Waals surface area (Å²) >= 11 is 0. The van der Waals surface area contributed by atoms with E-state index in [1.807, 2.05) is 26.0 Å². The van der Waals surface area contributed by atoms with Crippen molar-refractivity contribution < 1.29 is 4.74 Å². The number of nitrogens with two attached hydrogens (primary N) is 1. The van der Waals surface area contributed by atoms with Crippen LogP contribution < -0.4 is 15.4 Å². The zero-order valence-electron chi connectivity index (χ0n) is 12.9. The van der Waals surface area contributed by atoms with Crippen LogP contribution in [-0.4, -0.2) is 24.2 Å². The van der Waals surface area contributed by atoms with E-state index in [2.05, 4.69) is 16.9 Å². The lowest BCUT2D eigenvalue weighted by atomic mass is 10.1. The molecule has 0 bridgehead atoms. The van der Waals surface area contributed by atoms with Gasteiger partial charge in [0.2, 0.25) is 5.88 Å². The molecular formula is C16H27N3O. The van der Waals surface area contributed by atoms with Crippen LogP contribution in [0.15, 0.2) is 12.1 Å². The van der Waals surface area contributed by atoms with E-state index in [0.717, 1.165) is 5.82 Å². The molecule has 0 amide bonds. The maximum absolute atomic E-state index is 5.94. The Hall–Kier alpha value is -1.45. The summed E-state index contributed by atoms with van der Waals surface area (Å²) in [6.45, 7) is 3.98. The minimum atomic E-state index is 0.0863. The molecule has 0 spiro atoms. The molecule has 2 N–H and O–H groups in total. The summed E-state index contributed by atoms with van der Waals surface area (Å²) in [7, 11) is 2.13. The lowest BCUT2D eigenvalue weighted by Crippen LogP contribution is -2.31. The van der Waals surface area contributed by atoms with Crippen LogP contribution in [0.25, 0.3) is 0 Å². The molecule has 1 aliphatic rings. The van der Waals surface area contributed by atoms with Gasteiger partial charge in [0.05, 0.1) is 11.8 Å². The van der Waals surface area contributed by atoms with Crippen molar-refractivity contribution >= 4 is 11.5 Å². The highest BCUT2D eigenvalue weighted by Crippen LogP contribution is 2.28. The van der Waals surface area contributed by atoms with Crippen molar-refractivity contribution in [3.05, 3.63) is 12.1 Å². The van der Waals surface area contributed by atoms with Crippen LogP contribution in [0.5, 0.6) is 5.88 Å². The number of aromatic nitrogens is 1. The smallest absolute Gasteiger partial charge is 0.239 e. The molecule has 1 aliphatic carbocycles. The number of pyridine rings is 1. The molecule has 0 unspecified atom stereocenters. The Kier molecular flexibility index (Phi) is 5.10. The molecule has 112 valence electrons. The van der Waals surface area contributed by atoms with Gasteiger partial charge < -0.3 is 15.4 Å². The van der Waals surface area contributed by atoms with Gasteiger partial charge in [-0.3, -0.25) is 0 Å². The molecule has 4 heteroatoms. The summed E-state index contributed by atoms with van der Waals surface area (Å²) in [5, 5.41) is 0. The quantitative estimate of drug-likeness (QED) is 0.854. The number of hydrogen-bond acceptors (Lipinski definition) is 4. The van der Waals surface area contributed by atoms with Crippen molar-refractivity contribution in [1.29, 1.82) is 0 Å². The fourth-order valence-electron chi connectivity index (χ4n) is 2.79. The Morgan fingerprint density at radius 3 is 2.45 bits per heavy atom. The van der Waals surface area contributed by atoms with Crippen molar-refractivity contribution in [3.8, 4) is 5.88 Å². The van der Waals surface area contributed by atoms with E-state index < -0.39 is 0 Å². The Morgan fingerprint density at radius 1 is 1.20 bits per heavy atom. The molecule has 0 atom stereocenters. The topological polar surface area (TPSA) is 51.4 Å². The van der Waals surface area contributed by atoms with Gasteiger partial charge in [-0.25, -0.2) is 0 Å². The average molecular weight is 277 g/mol. The van der Waals surface area contributed by atoms with Crippen LogP contribution in [0, 0.1) is 0 Å². The highest BCUT2D eigenvalue weighted by Gasteiger charge is 2.19. The minimum absolute atomic E-state index is 0.0863. The van der Waals surface area contributed by atoms with Crippen molar-refractivity contribution in [1.82, 2.24) is 4.98 Å². The lowest BCUT2D eigenvalue weighted by Gasteiger charge is -2.28. The van der Waals surface area contributed by atoms with E-state index in [9.17, 15) is 0 Å². The molecule has 1 aromatic heterocycles. The largest absolute Gasteiger partial charge is 0.473 e. The van der Waals surface area contributed by atoms with Crippen LogP contribution in [0.2, 0.25) is 0 Å². The first-order valence-electron chi connectivity index (χ1n) is 7.74. The van der Waals surface area contributed by atoms with Gasteiger partial charge in [-0.15, -0.1) is 0 Å². The van der Waals surface area contributed by atoms with Gasteiger partial charge in [-0.05, 0) is 38.8 Å². The SMILES string of the molecule is CC(C)Oc1nc(N(C)C2CCCCCC2)ccc1N. The van der Waals surface area contributed by atoms with E-state index in [4.69, 9.17) is 10.5 Å². The second-order valence-corrected chi connectivity index (χ2v) is 5.99. The summed E-state index contributed by atoms with van der Waals surface area (Å²) in [5.74, 6) is 1.51. The van der Waals surface area contributed by atoms with Crippen molar-refractivity contribution in [2.75, 3.05) is 17.7 Å². The Labute approximate surface area is 122 Å². The van der Waals surface area contributed by atoms with Crippen molar-refractivity contribution in [3.63, 3.8) is 0 Å². The highest BCUT2D eigenvalue weighted by atomic mass is 16.5. The second kappa shape index (κ2) is 6.82. The predicted octanol–water partition coefficient (Wildman–Crippen LogP) is 3.61. The van der Waals surface area contributed by atoms with Gasteiger partial charge in [-0.2, -0.15) is 4.98 Å². The van der Waals surface area contributed by atoms with Crippen LogP contribution in [-0.2, 0) is 0 Å². The third-order valence-corrected chi connectivity index (χ3v) is 3.96.